The zero-order valence-corrected chi connectivity index (χ0v) is 20.5. The Kier molecular flexibility index (Phi) is 6.31. The fourth-order valence-electron chi connectivity index (χ4n) is 4.36. The van der Waals surface area contributed by atoms with Gasteiger partial charge in [-0.15, -0.1) is 0 Å². The van der Waals surface area contributed by atoms with E-state index in [-0.39, 0.29) is 12.0 Å². The van der Waals surface area contributed by atoms with E-state index in [0.717, 1.165) is 47.2 Å². The highest BCUT2D eigenvalue weighted by Gasteiger charge is 2.24. The van der Waals surface area contributed by atoms with Crippen molar-refractivity contribution in [2.45, 2.75) is 25.9 Å². The first-order valence-electron chi connectivity index (χ1n) is 11.8. The minimum Gasteiger partial charge on any atom is -0.474 e. The smallest absolute Gasteiger partial charge is 0.253 e. The summed E-state index contributed by atoms with van der Waals surface area (Å²) in [5.41, 5.74) is 8.52. The van der Waals surface area contributed by atoms with Gasteiger partial charge in [0.25, 0.3) is 5.91 Å². The van der Waals surface area contributed by atoms with Crippen LogP contribution in [0.1, 0.15) is 34.3 Å². The number of amides is 1. The van der Waals surface area contributed by atoms with Gasteiger partial charge in [-0.25, -0.2) is 5.43 Å². The number of benzene rings is 1. The number of fused-ring (bicyclic) bond motifs is 1. The molecule has 2 aromatic heterocycles. The molecule has 1 aromatic carbocycles. The Morgan fingerprint density at radius 3 is 2.74 bits per heavy atom. The van der Waals surface area contributed by atoms with Crippen LogP contribution >= 0.6 is 0 Å². The van der Waals surface area contributed by atoms with Crippen molar-refractivity contribution in [1.82, 2.24) is 30.3 Å². The third-order valence-corrected chi connectivity index (χ3v) is 6.29. The molecule has 0 atom stereocenters. The first-order valence-corrected chi connectivity index (χ1v) is 11.8. The number of carbonyl (C=O) groups excluding carboxylic acids is 1. The number of rotatable bonds is 6. The Balaban J connectivity index is 1.50. The number of carbonyl (C=O) groups is 1. The Hall–Kier alpha value is -3.63. The van der Waals surface area contributed by atoms with E-state index in [2.05, 4.69) is 21.9 Å². The second kappa shape index (κ2) is 9.55. The summed E-state index contributed by atoms with van der Waals surface area (Å²) in [4.78, 5) is 26.7. The lowest BCUT2D eigenvalue weighted by Crippen LogP contribution is -2.26. The number of hydrogen-bond donors (Lipinski definition) is 3. The molecule has 5 rings (SSSR count). The number of hydrogen-bond acceptors (Lipinski definition) is 8. The predicted octanol–water partition coefficient (Wildman–Crippen LogP) is 3.06. The molecule has 1 fully saturated rings. The maximum atomic E-state index is 12.3. The molecule has 35 heavy (non-hydrogen) atoms. The molecule has 4 heterocycles. The molecule has 10 nitrogen and oxygen atoms in total. The summed E-state index contributed by atoms with van der Waals surface area (Å²) in [6.07, 6.45) is 5.70. The lowest BCUT2D eigenvalue weighted by Gasteiger charge is -2.23. The number of aromatic amines is 1. The monoisotopic (exact) mass is 477 g/mol. The van der Waals surface area contributed by atoms with Gasteiger partial charge in [-0.1, -0.05) is 0 Å². The second-order valence-corrected chi connectivity index (χ2v) is 9.16. The Morgan fingerprint density at radius 2 is 2.06 bits per heavy atom. The minimum absolute atomic E-state index is 0.0360. The average Bonchev–Trinajstić information content (AvgIpc) is 3.46. The van der Waals surface area contributed by atoms with Gasteiger partial charge in [-0.2, -0.15) is 9.97 Å². The van der Waals surface area contributed by atoms with Gasteiger partial charge in [-0.05, 0) is 36.3 Å². The van der Waals surface area contributed by atoms with Gasteiger partial charge < -0.3 is 29.7 Å². The van der Waals surface area contributed by atoms with E-state index in [0.29, 0.717) is 36.3 Å². The maximum absolute atomic E-state index is 12.3. The highest BCUT2D eigenvalue weighted by molar-refractivity contribution is 5.96. The Labute approximate surface area is 204 Å². The van der Waals surface area contributed by atoms with E-state index in [9.17, 15) is 4.79 Å². The number of anilines is 2. The van der Waals surface area contributed by atoms with E-state index >= 15 is 0 Å². The topological polar surface area (TPSA) is 108 Å². The summed E-state index contributed by atoms with van der Waals surface area (Å²) in [6, 6.07) is 5.55. The van der Waals surface area contributed by atoms with E-state index in [1.165, 1.54) is 0 Å². The Bertz CT molecular complexity index is 1280. The summed E-state index contributed by atoms with van der Waals surface area (Å²) in [5.74, 6) is 0.941. The highest BCUT2D eigenvalue weighted by atomic mass is 16.5. The number of nitrogens with one attached hydrogen (secondary N) is 3. The largest absolute Gasteiger partial charge is 0.474 e. The normalized spacial score (nSPS) is 16.5. The van der Waals surface area contributed by atoms with Gasteiger partial charge in [0.2, 0.25) is 11.8 Å². The summed E-state index contributed by atoms with van der Waals surface area (Å²) >= 11 is 0. The van der Waals surface area contributed by atoms with Crippen molar-refractivity contribution in [1.29, 1.82) is 0 Å². The van der Waals surface area contributed by atoms with Gasteiger partial charge >= 0.3 is 0 Å². The third-order valence-electron chi connectivity index (χ3n) is 6.29. The zero-order chi connectivity index (χ0) is 24.5. The van der Waals surface area contributed by atoms with Gasteiger partial charge in [-0.3, -0.25) is 4.79 Å². The average molecular weight is 478 g/mol. The fourth-order valence-corrected chi connectivity index (χ4v) is 4.36. The molecule has 0 spiro atoms. The number of nitrogens with zero attached hydrogens (tertiary/aromatic N) is 4. The maximum Gasteiger partial charge on any atom is 0.253 e. The van der Waals surface area contributed by atoms with Gasteiger partial charge in [0.1, 0.15) is 11.8 Å². The molecule has 10 heteroatoms. The van der Waals surface area contributed by atoms with Crippen LogP contribution in [0.4, 0.5) is 11.6 Å². The molecule has 0 unspecified atom stereocenters. The molecule has 0 radical (unpaired) electrons. The molecule has 2 aliphatic heterocycles. The van der Waals surface area contributed by atoms with Gasteiger partial charge in [0.05, 0.1) is 18.6 Å². The summed E-state index contributed by atoms with van der Waals surface area (Å²) in [5, 5.41) is 6.13. The molecule has 184 valence electrons. The molecule has 0 aliphatic carbocycles. The molecule has 3 N–H and O–H groups in total. The van der Waals surface area contributed by atoms with Crippen LogP contribution in [0.15, 0.2) is 30.6 Å². The van der Waals surface area contributed by atoms with Crippen molar-refractivity contribution in [2.24, 2.45) is 0 Å². The van der Waals surface area contributed by atoms with Crippen LogP contribution < -0.4 is 15.5 Å². The van der Waals surface area contributed by atoms with Crippen LogP contribution in [0.3, 0.4) is 0 Å². The van der Waals surface area contributed by atoms with E-state index in [1.54, 1.807) is 25.1 Å². The van der Waals surface area contributed by atoms with Crippen LogP contribution in [0, 0.1) is 6.92 Å². The van der Waals surface area contributed by atoms with Crippen molar-refractivity contribution in [3.63, 3.8) is 0 Å². The van der Waals surface area contributed by atoms with E-state index in [4.69, 9.17) is 19.4 Å². The van der Waals surface area contributed by atoms with Crippen molar-refractivity contribution >= 4 is 34.1 Å². The number of aromatic nitrogens is 3. The van der Waals surface area contributed by atoms with Crippen LogP contribution in [0.5, 0.6) is 5.88 Å². The molecule has 1 amide bonds. The summed E-state index contributed by atoms with van der Waals surface area (Å²) < 4.78 is 11.9. The number of hydrazine groups is 1. The molecular formula is C25H31N7O3. The molecule has 0 bridgehead atoms. The zero-order valence-electron chi connectivity index (χ0n) is 20.5. The lowest BCUT2D eigenvalue weighted by atomic mass is 10.1. The summed E-state index contributed by atoms with van der Waals surface area (Å²) in [6.45, 7) is 4.04. The van der Waals surface area contributed by atoms with Crippen molar-refractivity contribution < 1.29 is 14.3 Å². The first-order chi connectivity index (χ1) is 16.9. The Morgan fingerprint density at radius 1 is 1.26 bits per heavy atom. The number of ether oxygens (including phenoxy) is 2. The molecular weight excluding hydrogens is 446 g/mol. The van der Waals surface area contributed by atoms with Gasteiger partial charge in [0, 0.05) is 69.7 Å². The standard InChI is InChI=1S/C25H31N7O3/c1-15-11-16(24(33)31(2)3)5-6-20(15)28-25-29-22-21(19(13-26-22)17-12-27-32(4)14-17)23(30-25)35-18-7-9-34-10-8-18/h5-6,11,13-14,18,27H,7-10,12H2,1-4H3,(H2,26,28,29,30). The van der Waals surface area contributed by atoms with E-state index < -0.39 is 0 Å². The fraction of sp³-hybridized carbons (Fsp3) is 0.400. The number of H-pyrrole nitrogens is 1. The van der Waals surface area contributed by atoms with Gasteiger partial charge in [0.15, 0.2) is 0 Å². The van der Waals surface area contributed by atoms with Crippen LogP contribution in [-0.4, -0.2) is 77.8 Å². The summed E-state index contributed by atoms with van der Waals surface area (Å²) in [7, 11) is 5.46. The predicted molar refractivity (Wildman–Crippen MR) is 135 cm³/mol. The molecule has 1 saturated heterocycles. The quantitative estimate of drug-likeness (QED) is 0.497. The highest BCUT2D eigenvalue weighted by Crippen LogP contribution is 2.34. The first kappa shape index (κ1) is 23.1. The van der Waals surface area contributed by atoms with Crippen LogP contribution in [-0.2, 0) is 4.74 Å². The van der Waals surface area contributed by atoms with Crippen molar-refractivity contribution in [3.8, 4) is 5.88 Å². The SMILES string of the molecule is Cc1cc(C(=O)N(C)C)ccc1Nc1nc(OC2CCOCC2)c2c(C3=CN(C)NC3)c[nH]c2n1. The van der Waals surface area contributed by atoms with Crippen LogP contribution in [0.25, 0.3) is 16.6 Å². The lowest BCUT2D eigenvalue weighted by molar-refractivity contribution is 0.0244. The molecule has 3 aromatic rings. The van der Waals surface area contributed by atoms with E-state index in [1.807, 2.05) is 37.3 Å². The number of aryl methyl sites for hydroxylation is 1. The second-order valence-electron chi connectivity index (χ2n) is 9.16. The van der Waals surface area contributed by atoms with Crippen molar-refractivity contribution in [2.75, 3.05) is 46.2 Å². The third kappa shape index (κ3) is 4.80. The molecule has 0 saturated carbocycles. The van der Waals surface area contributed by atoms with Crippen molar-refractivity contribution in [3.05, 3.63) is 47.3 Å². The molecule has 2 aliphatic rings. The van der Waals surface area contributed by atoms with Crippen LogP contribution in [0.2, 0.25) is 0 Å². The minimum atomic E-state index is -0.0373.